The first kappa shape index (κ1) is 15.0. The SMILES string of the molecule is CCCCCC[C@H](C)CCC[C@@H](C)CO. The van der Waals surface area contributed by atoms with Crippen LogP contribution in [0, 0.1) is 11.8 Å². The molecule has 0 heterocycles. The van der Waals surface area contributed by atoms with E-state index in [2.05, 4.69) is 20.8 Å². The van der Waals surface area contributed by atoms with Gasteiger partial charge < -0.3 is 5.11 Å². The fraction of sp³-hybridized carbons (Fsp3) is 1.00. The lowest BCUT2D eigenvalue weighted by molar-refractivity contribution is 0.225. The molecule has 1 N–H and O–H groups in total. The Kier molecular flexibility index (Phi) is 10.4. The van der Waals surface area contributed by atoms with Crippen LogP contribution < -0.4 is 0 Å². The summed E-state index contributed by atoms with van der Waals surface area (Å²) in [4.78, 5) is 0. The van der Waals surface area contributed by atoms with Crippen molar-refractivity contribution in [2.24, 2.45) is 11.8 Å². The van der Waals surface area contributed by atoms with Crippen LogP contribution in [-0.4, -0.2) is 11.7 Å². The Labute approximate surface area is 96.3 Å². The molecule has 0 amide bonds. The molecule has 0 aromatic heterocycles. The molecule has 0 saturated heterocycles. The largest absolute Gasteiger partial charge is 0.396 e. The summed E-state index contributed by atoms with van der Waals surface area (Å²) in [5.74, 6) is 1.38. The van der Waals surface area contributed by atoms with Crippen molar-refractivity contribution in [3.05, 3.63) is 0 Å². The highest BCUT2D eigenvalue weighted by Gasteiger charge is 2.04. The molecule has 0 spiro atoms. The van der Waals surface area contributed by atoms with Gasteiger partial charge in [0, 0.05) is 6.61 Å². The molecule has 0 aliphatic carbocycles. The van der Waals surface area contributed by atoms with E-state index in [0.29, 0.717) is 12.5 Å². The fourth-order valence-electron chi connectivity index (χ4n) is 1.97. The van der Waals surface area contributed by atoms with Crippen LogP contribution in [0.2, 0.25) is 0 Å². The average Bonchev–Trinajstić information content (AvgIpc) is 2.24. The smallest absolute Gasteiger partial charge is 0.0456 e. The van der Waals surface area contributed by atoms with Gasteiger partial charge in [-0.15, -0.1) is 0 Å². The summed E-state index contributed by atoms with van der Waals surface area (Å²) < 4.78 is 0. The second kappa shape index (κ2) is 10.5. The predicted molar refractivity (Wildman–Crippen MR) is 68.0 cm³/mol. The lowest BCUT2D eigenvalue weighted by Gasteiger charge is -2.12. The first-order chi connectivity index (χ1) is 7.20. The van der Waals surface area contributed by atoms with E-state index in [-0.39, 0.29) is 0 Å². The van der Waals surface area contributed by atoms with Crippen molar-refractivity contribution >= 4 is 0 Å². The third-order valence-corrected chi connectivity index (χ3v) is 3.26. The Balaban J connectivity index is 3.21. The van der Waals surface area contributed by atoms with Gasteiger partial charge in [-0.05, 0) is 18.3 Å². The first-order valence-corrected chi connectivity index (χ1v) is 6.81. The number of hydrogen-bond donors (Lipinski definition) is 1. The van der Waals surface area contributed by atoms with E-state index in [1.165, 1.54) is 51.4 Å². The van der Waals surface area contributed by atoms with Crippen LogP contribution in [0.4, 0.5) is 0 Å². The molecular formula is C14H30O. The molecule has 0 bridgehead atoms. The number of rotatable bonds is 10. The molecule has 0 rings (SSSR count). The molecular weight excluding hydrogens is 184 g/mol. The molecule has 0 unspecified atom stereocenters. The van der Waals surface area contributed by atoms with Crippen molar-refractivity contribution in [1.82, 2.24) is 0 Å². The van der Waals surface area contributed by atoms with Crippen LogP contribution in [0.1, 0.15) is 72.1 Å². The Morgan fingerprint density at radius 1 is 0.800 bits per heavy atom. The maximum Gasteiger partial charge on any atom is 0.0456 e. The van der Waals surface area contributed by atoms with Gasteiger partial charge in [0.25, 0.3) is 0 Å². The van der Waals surface area contributed by atoms with Gasteiger partial charge in [-0.25, -0.2) is 0 Å². The van der Waals surface area contributed by atoms with Crippen molar-refractivity contribution < 1.29 is 5.11 Å². The Hall–Kier alpha value is -0.0400. The van der Waals surface area contributed by atoms with Gasteiger partial charge in [0.1, 0.15) is 0 Å². The molecule has 0 aromatic rings. The van der Waals surface area contributed by atoms with E-state index in [1.807, 2.05) is 0 Å². The summed E-state index contributed by atoms with van der Waals surface area (Å²) >= 11 is 0. The molecule has 0 aromatic carbocycles. The molecule has 1 nitrogen and oxygen atoms in total. The van der Waals surface area contributed by atoms with E-state index in [4.69, 9.17) is 5.11 Å². The minimum atomic E-state index is 0.352. The maximum atomic E-state index is 8.90. The molecule has 0 radical (unpaired) electrons. The van der Waals surface area contributed by atoms with Gasteiger partial charge in [-0.1, -0.05) is 65.7 Å². The van der Waals surface area contributed by atoms with E-state index in [9.17, 15) is 0 Å². The second-order valence-corrected chi connectivity index (χ2v) is 5.17. The predicted octanol–water partition coefficient (Wildman–Crippen LogP) is 4.39. The standard InChI is InChI=1S/C14H30O/c1-4-5-6-7-9-13(2)10-8-11-14(3)12-15/h13-15H,4-12H2,1-3H3/t13-,14+/m0/s1. The van der Waals surface area contributed by atoms with Crippen molar-refractivity contribution in [2.75, 3.05) is 6.61 Å². The Morgan fingerprint density at radius 3 is 2.00 bits per heavy atom. The molecule has 0 aliphatic rings. The highest BCUT2D eigenvalue weighted by molar-refractivity contribution is 4.57. The topological polar surface area (TPSA) is 20.2 Å². The van der Waals surface area contributed by atoms with Crippen LogP contribution in [0.5, 0.6) is 0 Å². The summed E-state index contributed by atoms with van der Waals surface area (Å²) in [6.45, 7) is 7.12. The summed E-state index contributed by atoms with van der Waals surface area (Å²) in [6.07, 6.45) is 10.8. The van der Waals surface area contributed by atoms with Gasteiger partial charge in [0.15, 0.2) is 0 Å². The number of aliphatic hydroxyl groups excluding tert-OH is 1. The van der Waals surface area contributed by atoms with Crippen molar-refractivity contribution in [3.8, 4) is 0 Å². The van der Waals surface area contributed by atoms with E-state index in [1.54, 1.807) is 0 Å². The van der Waals surface area contributed by atoms with Crippen molar-refractivity contribution in [2.45, 2.75) is 72.1 Å². The number of aliphatic hydroxyl groups is 1. The lowest BCUT2D eigenvalue weighted by Crippen LogP contribution is -2.02. The van der Waals surface area contributed by atoms with E-state index >= 15 is 0 Å². The average molecular weight is 214 g/mol. The molecule has 92 valence electrons. The lowest BCUT2D eigenvalue weighted by atomic mass is 9.95. The highest BCUT2D eigenvalue weighted by Crippen LogP contribution is 2.18. The summed E-state index contributed by atoms with van der Waals surface area (Å²) in [5.41, 5.74) is 0. The highest BCUT2D eigenvalue weighted by atomic mass is 16.3. The number of hydrogen-bond acceptors (Lipinski definition) is 1. The molecule has 1 heteroatoms. The van der Waals surface area contributed by atoms with Crippen LogP contribution in [0.25, 0.3) is 0 Å². The Bertz CT molecular complexity index is 123. The zero-order valence-corrected chi connectivity index (χ0v) is 11.0. The first-order valence-electron chi connectivity index (χ1n) is 6.81. The van der Waals surface area contributed by atoms with Gasteiger partial charge in [-0.2, -0.15) is 0 Å². The monoisotopic (exact) mass is 214 g/mol. The third kappa shape index (κ3) is 10.2. The van der Waals surface area contributed by atoms with Crippen LogP contribution >= 0.6 is 0 Å². The second-order valence-electron chi connectivity index (χ2n) is 5.17. The van der Waals surface area contributed by atoms with Gasteiger partial charge in [-0.3, -0.25) is 0 Å². The van der Waals surface area contributed by atoms with Gasteiger partial charge in [0.05, 0.1) is 0 Å². The van der Waals surface area contributed by atoms with Crippen LogP contribution in [0.15, 0.2) is 0 Å². The van der Waals surface area contributed by atoms with Crippen molar-refractivity contribution in [1.29, 1.82) is 0 Å². The van der Waals surface area contributed by atoms with Crippen molar-refractivity contribution in [3.63, 3.8) is 0 Å². The normalized spacial score (nSPS) is 15.2. The van der Waals surface area contributed by atoms with Gasteiger partial charge >= 0.3 is 0 Å². The van der Waals surface area contributed by atoms with E-state index < -0.39 is 0 Å². The van der Waals surface area contributed by atoms with Crippen LogP contribution in [-0.2, 0) is 0 Å². The molecule has 0 saturated carbocycles. The molecule has 0 fully saturated rings. The molecule has 15 heavy (non-hydrogen) atoms. The summed E-state index contributed by atoms with van der Waals surface area (Å²) in [6, 6.07) is 0. The summed E-state index contributed by atoms with van der Waals surface area (Å²) in [7, 11) is 0. The number of unbranched alkanes of at least 4 members (excludes halogenated alkanes) is 3. The third-order valence-electron chi connectivity index (χ3n) is 3.26. The minimum Gasteiger partial charge on any atom is -0.396 e. The van der Waals surface area contributed by atoms with Gasteiger partial charge in [0.2, 0.25) is 0 Å². The quantitative estimate of drug-likeness (QED) is 0.535. The summed E-state index contributed by atoms with van der Waals surface area (Å²) in [5, 5.41) is 8.90. The van der Waals surface area contributed by atoms with E-state index in [0.717, 1.165) is 5.92 Å². The molecule has 0 aliphatic heterocycles. The molecule has 2 atom stereocenters. The maximum absolute atomic E-state index is 8.90. The Morgan fingerprint density at radius 2 is 1.40 bits per heavy atom. The minimum absolute atomic E-state index is 0.352. The zero-order valence-electron chi connectivity index (χ0n) is 11.0. The fourth-order valence-corrected chi connectivity index (χ4v) is 1.97. The zero-order chi connectivity index (χ0) is 11.5. The van der Waals surface area contributed by atoms with Crippen LogP contribution in [0.3, 0.4) is 0 Å².